The molecule has 0 N–H and O–H groups in total. The normalized spacial score (nSPS) is 10.1. The Labute approximate surface area is 126 Å². The van der Waals surface area contributed by atoms with Crippen molar-refractivity contribution >= 4 is 5.69 Å². The summed E-state index contributed by atoms with van der Waals surface area (Å²) in [5.74, 6) is 0.0952. The molecule has 0 amide bonds. The lowest BCUT2D eigenvalue weighted by Gasteiger charge is -2.09. The Kier molecular flexibility index (Phi) is 5.13. The number of nitro benzene ring substituents is 1. The summed E-state index contributed by atoms with van der Waals surface area (Å²) in [6.07, 6.45) is 0. The summed E-state index contributed by atoms with van der Waals surface area (Å²) in [6.45, 7) is 0.103. The minimum atomic E-state index is -0.560. The Morgan fingerprint density at radius 2 is 1.77 bits per heavy atom. The Morgan fingerprint density at radius 1 is 1.09 bits per heavy atom. The van der Waals surface area contributed by atoms with Crippen LogP contribution >= 0.6 is 0 Å². The van der Waals surface area contributed by atoms with Crippen LogP contribution in [-0.4, -0.2) is 25.2 Å². The Bertz CT molecular complexity index is 662. The van der Waals surface area contributed by atoms with Crippen LogP contribution in [0.1, 0.15) is 0 Å². The highest BCUT2D eigenvalue weighted by atomic mass is 19.1. The average molecular weight is 307 g/mol. The van der Waals surface area contributed by atoms with Crippen LogP contribution in [0, 0.1) is 15.9 Å². The Balaban J connectivity index is 1.94. The topological polar surface area (TPSA) is 70.8 Å². The third-order valence-corrected chi connectivity index (χ3v) is 2.80. The summed E-state index contributed by atoms with van der Waals surface area (Å²) in [6, 6.07) is 10.2. The Morgan fingerprint density at radius 3 is 2.41 bits per heavy atom. The van der Waals surface area contributed by atoms with Gasteiger partial charge in [-0.25, -0.2) is 4.39 Å². The highest BCUT2D eigenvalue weighted by Crippen LogP contribution is 2.30. The number of halogens is 1. The molecule has 0 saturated carbocycles. The second-order valence-corrected chi connectivity index (χ2v) is 4.22. The first-order valence-electron chi connectivity index (χ1n) is 6.44. The van der Waals surface area contributed by atoms with Gasteiger partial charge in [0.2, 0.25) is 0 Å². The number of para-hydroxylation sites is 1. The standard InChI is InChI=1S/C15H14FNO5/c1-20-11-6-7-15(13(10-11)17(18)19)22-9-8-21-14-5-3-2-4-12(14)16/h2-7,10H,8-9H2,1H3. The van der Waals surface area contributed by atoms with Crippen LogP contribution in [0.5, 0.6) is 17.2 Å². The van der Waals surface area contributed by atoms with E-state index in [0.29, 0.717) is 5.75 Å². The molecule has 0 bridgehead atoms. The van der Waals surface area contributed by atoms with Gasteiger partial charge in [-0.15, -0.1) is 0 Å². The fourth-order valence-electron chi connectivity index (χ4n) is 1.75. The molecule has 0 aliphatic carbocycles. The van der Waals surface area contributed by atoms with Crippen LogP contribution in [0.2, 0.25) is 0 Å². The lowest BCUT2D eigenvalue weighted by Crippen LogP contribution is -2.10. The monoisotopic (exact) mass is 307 g/mol. The van der Waals surface area contributed by atoms with E-state index in [1.54, 1.807) is 18.2 Å². The molecular weight excluding hydrogens is 293 g/mol. The van der Waals surface area contributed by atoms with E-state index in [1.807, 2.05) is 0 Å². The predicted molar refractivity (Wildman–Crippen MR) is 77.0 cm³/mol. The molecule has 0 aromatic heterocycles. The minimum absolute atomic E-state index is 0.0432. The van der Waals surface area contributed by atoms with Gasteiger partial charge < -0.3 is 14.2 Å². The van der Waals surface area contributed by atoms with Crippen LogP contribution in [-0.2, 0) is 0 Å². The molecule has 0 radical (unpaired) electrons. The second-order valence-electron chi connectivity index (χ2n) is 4.22. The lowest BCUT2D eigenvalue weighted by molar-refractivity contribution is -0.385. The quantitative estimate of drug-likeness (QED) is 0.446. The van der Waals surface area contributed by atoms with Crippen molar-refractivity contribution in [2.75, 3.05) is 20.3 Å². The van der Waals surface area contributed by atoms with Gasteiger partial charge in [0.15, 0.2) is 17.3 Å². The van der Waals surface area contributed by atoms with E-state index < -0.39 is 10.7 Å². The fourth-order valence-corrected chi connectivity index (χ4v) is 1.75. The number of methoxy groups -OCH3 is 1. The van der Waals surface area contributed by atoms with Crippen LogP contribution in [0.4, 0.5) is 10.1 Å². The summed E-state index contributed by atoms with van der Waals surface area (Å²) in [4.78, 5) is 10.4. The molecule has 2 aromatic carbocycles. The third-order valence-electron chi connectivity index (χ3n) is 2.80. The maximum Gasteiger partial charge on any atom is 0.314 e. The number of hydrogen-bond acceptors (Lipinski definition) is 5. The van der Waals surface area contributed by atoms with Crippen LogP contribution in [0.3, 0.4) is 0 Å². The molecule has 0 unspecified atom stereocenters. The molecule has 0 fully saturated rings. The first kappa shape index (κ1) is 15.6. The summed E-state index contributed by atoms with van der Waals surface area (Å²) in [7, 11) is 1.42. The zero-order valence-corrected chi connectivity index (χ0v) is 11.8. The molecular formula is C15H14FNO5. The van der Waals surface area contributed by atoms with Crippen molar-refractivity contribution in [3.63, 3.8) is 0 Å². The van der Waals surface area contributed by atoms with Gasteiger partial charge >= 0.3 is 5.69 Å². The third kappa shape index (κ3) is 3.85. The lowest BCUT2D eigenvalue weighted by atomic mass is 10.3. The van der Waals surface area contributed by atoms with Crippen LogP contribution in [0.25, 0.3) is 0 Å². The van der Waals surface area contributed by atoms with Crippen molar-refractivity contribution in [1.29, 1.82) is 0 Å². The first-order valence-corrected chi connectivity index (χ1v) is 6.44. The molecule has 0 atom stereocenters. The molecule has 6 nitrogen and oxygen atoms in total. The van der Waals surface area contributed by atoms with Gasteiger partial charge in [-0.3, -0.25) is 10.1 Å². The van der Waals surface area contributed by atoms with Gasteiger partial charge in [-0.1, -0.05) is 12.1 Å². The molecule has 2 rings (SSSR count). The summed E-state index contributed by atoms with van der Waals surface area (Å²) >= 11 is 0. The molecule has 0 aliphatic heterocycles. The van der Waals surface area contributed by atoms with E-state index in [4.69, 9.17) is 14.2 Å². The SMILES string of the molecule is COc1ccc(OCCOc2ccccc2F)c([N+](=O)[O-])c1. The molecule has 22 heavy (non-hydrogen) atoms. The van der Waals surface area contributed by atoms with Gasteiger partial charge in [0.1, 0.15) is 19.0 Å². The van der Waals surface area contributed by atoms with E-state index in [0.717, 1.165) is 0 Å². The van der Waals surface area contributed by atoms with Crippen molar-refractivity contribution in [2.45, 2.75) is 0 Å². The van der Waals surface area contributed by atoms with Gasteiger partial charge in [-0.2, -0.15) is 0 Å². The van der Waals surface area contributed by atoms with Crippen LogP contribution < -0.4 is 14.2 Å². The molecule has 0 aliphatic rings. The number of ether oxygens (including phenoxy) is 3. The van der Waals surface area contributed by atoms with Crippen LogP contribution in [0.15, 0.2) is 42.5 Å². The molecule has 0 saturated heterocycles. The Hall–Kier alpha value is -2.83. The highest BCUT2D eigenvalue weighted by molar-refractivity contribution is 5.50. The largest absolute Gasteiger partial charge is 0.496 e. The number of nitro groups is 1. The fraction of sp³-hybridized carbons (Fsp3) is 0.200. The summed E-state index contributed by atoms with van der Waals surface area (Å²) in [5.41, 5.74) is -0.203. The maximum absolute atomic E-state index is 13.3. The van der Waals surface area contributed by atoms with E-state index >= 15 is 0 Å². The maximum atomic E-state index is 13.3. The average Bonchev–Trinajstić information content (AvgIpc) is 2.53. The van der Waals surface area contributed by atoms with Gasteiger partial charge in [0, 0.05) is 0 Å². The zero-order valence-electron chi connectivity index (χ0n) is 11.8. The van der Waals surface area contributed by atoms with E-state index in [2.05, 4.69) is 0 Å². The minimum Gasteiger partial charge on any atom is -0.496 e. The molecule has 0 heterocycles. The van der Waals surface area contributed by atoms with Crippen molar-refractivity contribution in [3.8, 4) is 17.2 Å². The molecule has 116 valence electrons. The van der Waals surface area contributed by atoms with Gasteiger partial charge in [-0.05, 0) is 24.3 Å². The van der Waals surface area contributed by atoms with Crippen molar-refractivity contribution in [2.24, 2.45) is 0 Å². The number of rotatable bonds is 7. The smallest absolute Gasteiger partial charge is 0.314 e. The molecule has 0 spiro atoms. The highest BCUT2D eigenvalue weighted by Gasteiger charge is 2.16. The number of benzene rings is 2. The number of hydrogen-bond donors (Lipinski definition) is 0. The van der Waals surface area contributed by atoms with Gasteiger partial charge in [0.05, 0.1) is 18.1 Å². The molecule has 7 heteroatoms. The molecule has 2 aromatic rings. The summed E-state index contributed by atoms with van der Waals surface area (Å²) in [5, 5.41) is 11.0. The van der Waals surface area contributed by atoms with Crippen molar-refractivity contribution in [1.82, 2.24) is 0 Å². The van der Waals surface area contributed by atoms with E-state index in [9.17, 15) is 14.5 Å². The van der Waals surface area contributed by atoms with Crippen molar-refractivity contribution < 1.29 is 23.5 Å². The predicted octanol–water partition coefficient (Wildman–Crippen LogP) is 3.20. The number of nitrogens with zero attached hydrogens (tertiary/aromatic N) is 1. The van der Waals surface area contributed by atoms with Crippen molar-refractivity contribution in [3.05, 3.63) is 58.4 Å². The van der Waals surface area contributed by atoms with E-state index in [-0.39, 0.29) is 30.4 Å². The zero-order chi connectivity index (χ0) is 15.9. The second kappa shape index (κ2) is 7.26. The first-order chi connectivity index (χ1) is 10.6. The van der Waals surface area contributed by atoms with Gasteiger partial charge in [0.25, 0.3) is 0 Å². The van der Waals surface area contributed by atoms with E-state index in [1.165, 1.54) is 31.4 Å². The summed E-state index contributed by atoms with van der Waals surface area (Å²) < 4.78 is 28.8.